The molecular formula is C19H23N3OS2. The van der Waals surface area contributed by atoms with Crippen molar-refractivity contribution in [1.29, 1.82) is 0 Å². The van der Waals surface area contributed by atoms with Crippen molar-refractivity contribution in [1.82, 2.24) is 15.2 Å². The monoisotopic (exact) mass is 373 g/mol. The number of nitrogens with one attached hydrogen (secondary N) is 1. The molecule has 1 saturated heterocycles. The molecule has 0 saturated carbocycles. The molecule has 0 aliphatic carbocycles. The Labute approximate surface area is 156 Å². The minimum atomic E-state index is 0.455. The Morgan fingerprint density at radius 3 is 3.24 bits per heavy atom. The van der Waals surface area contributed by atoms with Gasteiger partial charge in [-0.05, 0) is 30.9 Å². The average molecular weight is 374 g/mol. The van der Waals surface area contributed by atoms with Crippen LogP contribution in [0.4, 0.5) is 0 Å². The molecule has 4 nitrogen and oxygen atoms in total. The van der Waals surface area contributed by atoms with E-state index in [9.17, 15) is 0 Å². The Morgan fingerprint density at radius 1 is 1.44 bits per heavy atom. The zero-order chi connectivity index (χ0) is 17.2. The van der Waals surface area contributed by atoms with E-state index in [1.807, 2.05) is 35.4 Å². The number of pyridine rings is 1. The number of hydrogen-bond donors (Lipinski definition) is 1. The van der Waals surface area contributed by atoms with Crippen LogP contribution in [0.15, 0.2) is 28.6 Å². The Balaban J connectivity index is 1.80. The quantitative estimate of drug-likeness (QED) is 0.884. The Morgan fingerprint density at radius 2 is 2.36 bits per heavy atom. The van der Waals surface area contributed by atoms with Crippen LogP contribution < -0.4 is 15.9 Å². The predicted octanol–water partition coefficient (Wildman–Crippen LogP) is 1.76. The normalized spacial score (nSPS) is 19.8. The van der Waals surface area contributed by atoms with Crippen LogP contribution in [-0.2, 0) is 4.74 Å². The molecule has 1 N–H and O–H groups in total. The standard InChI is InChI=1S/C19H23N3OS2/c1-13-10-16-18(22-8-7-20-15(11-22)5-9-23-2)17-14(4-3-6-21-17)12-24-19(16)25-13/h3-4,6,10,12,15,20H,5,7-9,11H2,1-2H3. The summed E-state index contributed by atoms with van der Waals surface area (Å²) in [4.78, 5) is 8.64. The van der Waals surface area contributed by atoms with Gasteiger partial charge in [0, 0.05) is 61.2 Å². The number of piperazine rings is 1. The fourth-order valence-corrected chi connectivity index (χ4v) is 5.68. The largest absolute Gasteiger partial charge is 0.385 e. The van der Waals surface area contributed by atoms with Gasteiger partial charge in [-0.15, -0.1) is 11.3 Å². The maximum absolute atomic E-state index is 5.28. The van der Waals surface area contributed by atoms with Crippen LogP contribution in [0.5, 0.6) is 0 Å². The lowest BCUT2D eigenvalue weighted by molar-refractivity contribution is 0.166. The second-order valence-corrected chi connectivity index (χ2v) is 8.86. The number of fused-ring (bicyclic) bond motifs is 2. The first-order valence-electron chi connectivity index (χ1n) is 8.66. The summed E-state index contributed by atoms with van der Waals surface area (Å²) in [7, 11) is 1.77. The lowest BCUT2D eigenvalue weighted by Crippen LogP contribution is -2.52. The molecule has 1 atom stereocenters. The molecule has 0 bridgehead atoms. The molecule has 1 fully saturated rings. The van der Waals surface area contributed by atoms with Gasteiger partial charge in [-0.2, -0.15) is 0 Å². The number of thioether (sulfide) groups is 1. The summed E-state index contributed by atoms with van der Waals surface area (Å²) in [6, 6.07) is 6.98. The van der Waals surface area contributed by atoms with Crippen molar-refractivity contribution in [2.24, 2.45) is 0 Å². The van der Waals surface area contributed by atoms with Crippen molar-refractivity contribution in [3.05, 3.63) is 45.4 Å². The molecule has 6 heteroatoms. The molecule has 0 spiro atoms. The first-order chi connectivity index (χ1) is 12.3. The van der Waals surface area contributed by atoms with Gasteiger partial charge in [0.05, 0.1) is 15.3 Å². The summed E-state index contributed by atoms with van der Waals surface area (Å²) >= 11 is 3.70. The molecule has 2 aromatic heterocycles. The molecule has 2 aliphatic rings. The van der Waals surface area contributed by atoms with E-state index in [0.29, 0.717) is 6.04 Å². The summed E-state index contributed by atoms with van der Waals surface area (Å²) in [5.41, 5.74) is 2.63. The van der Waals surface area contributed by atoms with Gasteiger partial charge >= 0.3 is 0 Å². The summed E-state index contributed by atoms with van der Waals surface area (Å²) in [6.45, 7) is 5.98. The Kier molecular flexibility index (Phi) is 5.12. The third-order valence-corrected chi connectivity index (χ3v) is 6.86. The van der Waals surface area contributed by atoms with Gasteiger partial charge in [0.1, 0.15) is 0 Å². The molecule has 0 aromatic carbocycles. The Hall–Kier alpha value is -1.34. The molecular weight excluding hydrogens is 350 g/mol. The predicted molar refractivity (Wildman–Crippen MR) is 105 cm³/mol. The summed E-state index contributed by atoms with van der Waals surface area (Å²) < 4.78 is 6.65. The van der Waals surface area contributed by atoms with Gasteiger partial charge in [0.2, 0.25) is 0 Å². The van der Waals surface area contributed by atoms with E-state index < -0.39 is 0 Å². The minimum Gasteiger partial charge on any atom is -0.385 e. The first-order valence-corrected chi connectivity index (χ1v) is 10.4. The van der Waals surface area contributed by atoms with E-state index in [1.165, 1.54) is 25.6 Å². The minimum absolute atomic E-state index is 0.455. The topological polar surface area (TPSA) is 37.4 Å². The number of methoxy groups -OCH3 is 1. The zero-order valence-corrected chi connectivity index (χ0v) is 16.3. The number of nitrogens with zero attached hydrogens (tertiary/aromatic N) is 2. The van der Waals surface area contributed by atoms with Crippen LogP contribution in [0.2, 0.25) is 0 Å². The third-order valence-electron chi connectivity index (χ3n) is 4.67. The molecule has 0 radical (unpaired) electrons. The highest BCUT2D eigenvalue weighted by atomic mass is 32.2. The van der Waals surface area contributed by atoms with Crippen LogP contribution in [0.1, 0.15) is 16.9 Å². The second-order valence-electron chi connectivity index (χ2n) is 6.46. The number of ether oxygens (including phenoxy) is 1. The number of aromatic nitrogens is 1. The van der Waals surface area contributed by atoms with Crippen molar-refractivity contribution >= 4 is 34.2 Å². The molecule has 1 unspecified atom stereocenters. The van der Waals surface area contributed by atoms with Crippen molar-refractivity contribution in [3.63, 3.8) is 0 Å². The fraction of sp³-hybridized carbons (Fsp3) is 0.421. The van der Waals surface area contributed by atoms with Crippen molar-refractivity contribution < 1.29 is 4.74 Å². The van der Waals surface area contributed by atoms with Crippen LogP contribution in [0.25, 0.3) is 11.1 Å². The second kappa shape index (κ2) is 7.50. The van der Waals surface area contributed by atoms with E-state index in [4.69, 9.17) is 9.72 Å². The van der Waals surface area contributed by atoms with E-state index in [1.54, 1.807) is 7.11 Å². The molecule has 0 amide bonds. The van der Waals surface area contributed by atoms with Crippen LogP contribution in [0.3, 0.4) is 0 Å². The van der Waals surface area contributed by atoms with Gasteiger partial charge in [-0.3, -0.25) is 4.98 Å². The number of hydrogen-bond acceptors (Lipinski definition) is 6. The van der Waals surface area contributed by atoms with Crippen molar-refractivity contribution in [2.75, 3.05) is 33.4 Å². The SMILES string of the molecule is COCCC1CN(C2=c3ncccc3=CSc3sc(C)cc32)CCN1. The highest BCUT2D eigenvalue weighted by molar-refractivity contribution is 8.08. The van der Waals surface area contributed by atoms with E-state index in [2.05, 4.69) is 34.7 Å². The smallest absolute Gasteiger partial charge is 0.0947 e. The highest BCUT2D eigenvalue weighted by Gasteiger charge is 2.26. The van der Waals surface area contributed by atoms with Gasteiger partial charge in [-0.25, -0.2) is 0 Å². The third kappa shape index (κ3) is 3.49. The van der Waals surface area contributed by atoms with Crippen molar-refractivity contribution in [3.8, 4) is 0 Å². The number of thiophene rings is 1. The van der Waals surface area contributed by atoms with Gasteiger partial charge in [-0.1, -0.05) is 17.8 Å². The molecule has 2 aliphatic heterocycles. The fourth-order valence-electron chi connectivity index (χ4n) is 3.50. The summed E-state index contributed by atoms with van der Waals surface area (Å²) in [5.74, 6) is 0. The molecule has 2 aromatic rings. The van der Waals surface area contributed by atoms with Gasteiger partial charge in [0.25, 0.3) is 0 Å². The van der Waals surface area contributed by atoms with Crippen LogP contribution in [0, 0.1) is 6.92 Å². The van der Waals surface area contributed by atoms with E-state index in [-0.39, 0.29) is 0 Å². The molecule has 4 rings (SSSR count). The Bertz CT molecular complexity index is 877. The lowest BCUT2D eigenvalue weighted by Gasteiger charge is -2.36. The number of aryl methyl sites for hydroxylation is 1. The molecule has 25 heavy (non-hydrogen) atoms. The maximum Gasteiger partial charge on any atom is 0.0947 e. The van der Waals surface area contributed by atoms with Crippen molar-refractivity contribution in [2.45, 2.75) is 23.6 Å². The summed E-state index contributed by atoms with van der Waals surface area (Å²) in [5, 5.41) is 8.20. The molecule has 4 heterocycles. The lowest BCUT2D eigenvalue weighted by atomic mass is 10.1. The average Bonchev–Trinajstić information content (AvgIpc) is 2.93. The van der Waals surface area contributed by atoms with E-state index >= 15 is 0 Å². The summed E-state index contributed by atoms with van der Waals surface area (Å²) in [6.07, 6.45) is 2.94. The van der Waals surface area contributed by atoms with Gasteiger partial charge < -0.3 is 15.0 Å². The molecule has 132 valence electrons. The number of rotatable bonds is 4. The first kappa shape index (κ1) is 17.1. The zero-order valence-electron chi connectivity index (χ0n) is 14.6. The van der Waals surface area contributed by atoms with Crippen LogP contribution in [-0.4, -0.2) is 49.3 Å². The van der Waals surface area contributed by atoms with Crippen LogP contribution >= 0.6 is 23.1 Å². The van der Waals surface area contributed by atoms with Gasteiger partial charge in [0.15, 0.2) is 0 Å². The van der Waals surface area contributed by atoms with E-state index in [0.717, 1.165) is 38.0 Å². The maximum atomic E-state index is 5.28. The highest BCUT2D eigenvalue weighted by Crippen LogP contribution is 2.37.